The van der Waals surface area contributed by atoms with Crippen LogP contribution in [0.2, 0.25) is 0 Å². The van der Waals surface area contributed by atoms with E-state index in [1.165, 1.54) is 0 Å². The van der Waals surface area contributed by atoms with Gasteiger partial charge in [-0.2, -0.15) is 5.26 Å². The van der Waals surface area contributed by atoms with Gasteiger partial charge in [-0.05, 0) is 30.5 Å². The molecule has 0 saturated heterocycles. The Kier molecular flexibility index (Phi) is 4.74. The Morgan fingerprint density at radius 3 is 2.10 bits per heavy atom. The van der Waals surface area contributed by atoms with Crippen LogP contribution in [0.3, 0.4) is 0 Å². The second kappa shape index (κ2) is 6.72. The van der Waals surface area contributed by atoms with Gasteiger partial charge in [0, 0.05) is 0 Å². The molecule has 0 bridgehead atoms. The van der Waals surface area contributed by atoms with Crippen molar-refractivity contribution >= 4 is 11.6 Å². The fraction of sp³-hybridized carbons (Fsp3) is 0.150. The number of nitrogens with zero attached hydrogens (tertiary/aromatic N) is 1. The molecule has 0 spiro atoms. The van der Waals surface area contributed by atoms with E-state index in [9.17, 15) is 5.26 Å². The van der Waals surface area contributed by atoms with Gasteiger partial charge in [-0.1, -0.05) is 78.9 Å². The molecule has 0 radical (unpaired) electrons. The first-order valence-electron chi connectivity index (χ1n) is 7.03. The average molecular weight is 273 g/mol. The molecule has 1 nitrogen and oxygen atoms in total. The van der Waals surface area contributed by atoms with Gasteiger partial charge >= 0.3 is 0 Å². The molecule has 104 valence electrons. The molecule has 0 fully saturated rings. The largest absolute Gasteiger partial charge is 0.197 e. The van der Waals surface area contributed by atoms with Crippen molar-refractivity contribution in [3.8, 4) is 6.07 Å². The molecule has 1 heteroatoms. The molecule has 0 amide bonds. The zero-order valence-corrected chi connectivity index (χ0v) is 12.5. The van der Waals surface area contributed by atoms with Crippen LogP contribution in [0.5, 0.6) is 0 Å². The van der Waals surface area contributed by atoms with Gasteiger partial charge in [-0.25, -0.2) is 0 Å². The monoisotopic (exact) mass is 273 g/mol. The van der Waals surface area contributed by atoms with E-state index < -0.39 is 5.41 Å². The van der Waals surface area contributed by atoms with E-state index in [0.717, 1.165) is 16.7 Å². The van der Waals surface area contributed by atoms with Gasteiger partial charge in [0.05, 0.1) is 11.5 Å². The maximum absolute atomic E-state index is 9.26. The highest BCUT2D eigenvalue weighted by Crippen LogP contribution is 2.25. The van der Waals surface area contributed by atoms with Crippen molar-refractivity contribution in [2.24, 2.45) is 5.41 Å². The van der Waals surface area contributed by atoms with Gasteiger partial charge in [0.2, 0.25) is 0 Å². The third-order valence-corrected chi connectivity index (χ3v) is 3.17. The van der Waals surface area contributed by atoms with Crippen LogP contribution in [0, 0.1) is 16.7 Å². The number of benzene rings is 2. The minimum atomic E-state index is -0.494. The molecule has 0 aliphatic rings. The van der Waals surface area contributed by atoms with E-state index >= 15 is 0 Å². The Morgan fingerprint density at radius 1 is 0.952 bits per heavy atom. The Labute approximate surface area is 126 Å². The fourth-order valence-electron chi connectivity index (χ4n) is 2.03. The first-order chi connectivity index (χ1) is 10.1. The van der Waals surface area contributed by atoms with Crippen LogP contribution in [-0.2, 0) is 0 Å². The molecule has 0 aromatic heterocycles. The lowest BCUT2D eigenvalue weighted by atomic mass is 9.90. The van der Waals surface area contributed by atoms with Gasteiger partial charge < -0.3 is 0 Å². The third kappa shape index (κ3) is 4.47. The average Bonchev–Trinajstić information content (AvgIpc) is 2.53. The first kappa shape index (κ1) is 14.8. The number of hydrogen-bond acceptors (Lipinski definition) is 1. The SMILES string of the molecule is CC(C)(C#N)/C=C(/C=C\c1ccccc1)c1ccccc1. The Morgan fingerprint density at radius 2 is 1.52 bits per heavy atom. The molecule has 0 N–H and O–H groups in total. The summed E-state index contributed by atoms with van der Waals surface area (Å²) in [7, 11) is 0. The predicted molar refractivity (Wildman–Crippen MR) is 89.3 cm³/mol. The Bertz CT molecular complexity index is 671. The molecule has 0 saturated carbocycles. The van der Waals surface area contributed by atoms with Crippen LogP contribution in [0.15, 0.2) is 72.8 Å². The van der Waals surface area contributed by atoms with Gasteiger partial charge in [-0.15, -0.1) is 0 Å². The van der Waals surface area contributed by atoms with Crippen LogP contribution in [0.4, 0.5) is 0 Å². The summed E-state index contributed by atoms with van der Waals surface area (Å²) in [5.41, 5.74) is 2.83. The summed E-state index contributed by atoms with van der Waals surface area (Å²) in [5, 5.41) is 9.26. The number of hydrogen-bond donors (Lipinski definition) is 0. The highest BCUT2D eigenvalue weighted by Gasteiger charge is 2.14. The van der Waals surface area contributed by atoms with E-state index in [1.807, 2.05) is 56.3 Å². The van der Waals surface area contributed by atoms with E-state index in [0.29, 0.717) is 0 Å². The molecular formula is C20H19N. The number of nitriles is 1. The van der Waals surface area contributed by atoms with Crippen molar-refractivity contribution in [3.05, 3.63) is 83.9 Å². The molecule has 0 unspecified atom stereocenters. The van der Waals surface area contributed by atoms with Crippen LogP contribution < -0.4 is 0 Å². The third-order valence-electron chi connectivity index (χ3n) is 3.17. The van der Waals surface area contributed by atoms with Crippen molar-refractivity contribution in [2.45, 2.75) is 13.8 Å². The van der Waals surface area contributed by atoms with Gasteiger partial charge in [0.1, 0.15) is 0 Å². The lowest BCUT2D eigenvalue weighted by Crippen LogP contribution is -2.03. The van der Waals surface area contributed by atoms with Gasteiger partial charge in [0.25, 0.3) is 0 Å². The summed E-state index contributed by atoms with van der Waals surface area (Å²) in [6.07, 6.45) is 6.16. The molecule has 0 atom stereocenters. The molecule has 0 aliphatic heterocycles. The minimum Gasteiger partial charge on any atom is -0.197 e. The molecule has 0 aliphatic carbocycles. The lowest BCUT2D eigenvalue weighted by Gasteiger charge is -2.12. The van der Waals surface area contributed by atoms with Crippen molar-refractivity contribution in [1.82, 2.24) is 0 Å². The minimum absolute atomic E-state index is 0.494. The molecule has 2 aromatic carbocycles. The number of allylic oxidation sites excluding steroid dienone is 3. The Balaban J connectivity index is 2.39. The normalized spacial score (nSPS) is 12.3. The molecule has 21 heavy (non-hydrogen) atoms. The van der Waals surface area contributed by atoms with Gasteiger partial charge in [-0.3, -0.25) is 0 Å². The topological polar surface area (TPSA) is 23.8 Å². The molecule has 0 heterocycles. The van der Waals surface area contributed by atoms with E-state index in [-0.39, 0.29) is 0 Å². The highest BCUT2D eigenvalue weighted by molar-refractivity contribution is 5.79. The maximum Gasteiger partial charge on any atom is 0.0726 e. The van der Waals surface area contributed by atoms with Gasteiger partial charge in [0.15, 0.2) is 0 Å². The van der Waals surface area contributed by atoms with E-state index in [1.54, 1.807) is 0 Å². The molecular weight excluding hydrogens is 254 g/mol. The second-order valence-corrected chi connectivity index (χ2v) is 5.54. The molecule has 2 rings (SSSR count). The summed E-state index contributed by atoms with van der Waals surface area (Å²) >= 11 is 0. The zero-order valence-electron chi connectivity index (χ0n) is 12.5. The van der Waals surface area contributed by atoms with Crippen LogP contribution in [-0.4, -0.2) is 0 Å². The van der Waals surface area contributed by atoms with Crippen molar-refractivity contribution in [3.63, 3.8) is 0 Å². The number of rotatable bonds is 4. The summed E-state index contributed by atoms with van der Waals surface area (Å²) in [6.45, 7) is 3.85. The van der Waals surface area contributed by atoms with Crippen molar-refractivity contribution in [1.29, 1.82) is 5.26 Å². The van der Waals surface area contributed by atoms with E-state index in [2.05, 4.69) is 42.5 Å². The zero-order chi connectivity index (χ0) is 15.1. The lowest BCUT2D eigenvalue weighted by molar-refractivity contribution is 0.646. The summed E-state index contributed by atoms with van der Waals surface area (Å²) in [5.74, 6) is 0. The fourth-order valence-corrected chi connectivity index (χ4v) is 2.03. The van der Waals surface area contributed by atoms with Crippen LogP contribution >= 0.6 is 0 Å². The quantitative estimate of drug-likeness (QED) is 0.690. The second-order valence-electron chi connectivity index (χ2n) is 5.54. The Hall–Kier alpha value is -2.59. The highest BCUT2D eigenvalue weighted by atomic mass is 14.3. The summed E-state index contributed by atoms with van der Waals surface area (Å²) in [4.78, 5) is 0. The van der Waals surface area contributed by atoms with Crippen LogP contribution in [0.1, 0.15) is 25.0 Å². The first-order valence-corrected chi connectivity index (χ1v) is 7.03. The smallest absolute Gasteiger partial charge is 0.0726 e. The molecule has 2 aromatic rings. The van der Waals surface area contributed by atoms with Crippen molar-refractivity contribution in [2.75, 3.05) is 0 Å². The predicted octanol–water partition coefficient (Wildman–Crippen LogP) is 5.33. The summed E-state index contributed by atoms with van der Waals surface area (Å²) < 4.78 is 0. The maximum atomic E-state index is 9.26. The van der Waals surface area contributed by atoms with Crippen molar-refractivity contribution < 1.29 is 0 Å². The van der Waals surface area contributed by atoms with Crippen LogP contribution in [0.25, 0.3) is 11.6 Å². The standard InChI is InChI=1S/C20H19N/c1-20(2,16-21)15-19(18-11-7-4-8-12-18)14-13-17-9-5-3-6-10-17/h3-15H,1-2H3/b14-13-,19-15-. The van der Waals surface area contributed by atoms with E-state index in [4.69, 9.17) is 0 Å². The summed E-state index contributed by atoms with van der Waals surface area (Å²) in [6, 6.07) is 22.7.